The van der Waals surface area contributed by atoms with Crippen LogP contribution >= 0.6 is 11.6 Å². The van der Waals surface area contributed by atoms with Gasteiger partial charge in [-0.1, -0.05) is 23.7 Å². The number of rotatable bonds is 9. The first-order chi connectivity index (χ1) is 17.4. The predicted octanol–water partition coefficient (Wildman–Crippen LogP) is 5.72. The van der Waals surface area contributed by atoms with Crippen LogP contribution < -0.4 is 15.0 Å². The predicted molar refractivity (Wildman–Crippen MR) is 145 cm³/mol. The number of anilines is 2. The quantitative estimate of drug-likeness (QED) is 0.233. The number of hydrogen-bond acceptors (Lipinski definition) is 5. The van der Waals surface area contributed by atoms with Crippen LogP contribution in [0.4, 0.5) is 11.4 Å². The fraction of sp³-hybridized carbons (Fsp3) is 0.250. The summed E-state index contributed by atoms with van der Waals surface area (Å²) in [5.41, 5.74) is 4.49. The van der Waals surface area contributed by atoms with Crippen molar-refractivity contribution in [1.82, 2.24) is 9.55 Å². The lowest BCUT2D eigenvalue weighted by molar-refractivity contribution is -0.112. The summed E-state index contributed by atoms with van der Waals surface area (Å²) in [6, 6.07) is 16.9. The Labute approximate surface area is 215 Å². The molecule has 0 saturated carbocycles. The Morgan fingerprint density at radius 2 is 1.78 bits per heavy atom. The number of ketones is 1. The highest BCUT2D eigenvalue weighted by Gasteiger charge is 2.26. The van der Waals surface area contributed by atoms with Gasteiger partial charge in [-0.3, -0.25) is 9.59 Å². The molecule has 186 valence electrons. The normalized spacial score (nSPS) is 10.9. The standard InChI is InChI=1S/C28H29ClN4O3/c1-5-32(6-2)22-11-12-24-23(16-22)26(18(3)33(24)17-19-7-9-20(29)10-8-19)27(34)28(35)31-21-13-14-30-25(15-21)36-4/h7-16H,5-6,17H2,1-4H3,(H,30,31,35). The van der Waals surface area contributed by atoms with E-state index in [2.05, 4.69) is 39.7 Å². The molecule has 0 bridgehead atoms. The van der Waals surface area contributed by atoms with Gasteiger partial charge in [-0.25, -0.2) is 4.98 Å². The molecule has 0 fully saturated rings. The highest BCUT2D eigenvalue weighted by atomic mass is 35.5. The number of fused-ring (bicyclic) bond motifs is 1. The summed E-state index contributed by atoms with van der Waals surface area (Å²) in [6.45, 7) is 8.27. The number of hydrogen-bond donors (Lipinski definition) is 1. The fourth-order valence-electron chi connectivity index (χ4n) is 4.42. The molecule has 0 spiro atoms. The summed E-state index contributed by atoms with van der Waals surface area (Å²) < 4.78 is 7.19. The Bertz CT molecular complexity index is 1410. The second kappa shape index (κ2) is 10.8. The van der Waals surface area contributed by atoms with Crippen molar-refractivity contribution in [3.63, 3.8) is 0 Å². The van der Waals surface area contributed by atoms with Crippen LogP contribution in [0.5, 0.6) is 5.88 Å². The molecule has 2 aromatic heterocycles. The lowest BCUT2D eigenvalue weighted by atomic mass is 10.0. The number of benzene rings is 2. The third kappa shape index (κ3) is 5.06. The number of amides is 1. The highest BCUT2D eigenvalue weighted by Crippen LogP contribution is 2.31. The molecule has 2 heterocycles. The maximum Gasteiger partial charge on any atom is 0.296 e. The molecule has 0 aliphatic heterocycles. The number of nitrogens with one attached hydrogen (secondary N) is 1. The molecule has 7 nitrogen and oxygen atoms in total. The molecular weight excluding hydrogens is 476 g/mol. The van der Waals surface area contributed by atoms with Gasteiger partial charge in [-0.2, -0.15) is 0 Å². The van der Waals surface area contributed by atoms with E-state index >= 15 is 0 Å². The SMILES string of the molecule is CCN(CC)c1ccc2c(c1)c(C(=O)C(=O)Nc1ccnc(OC)c1)c(C)n2Cc1ccc(Cl)cc1. The third-order valence-electron chi connectivity index (χ3n) is 6.32. The highest BCUT2D eigenvalue weighted by molar-refractivity contribution is 6.48. The van der Waals surface area contributed by atoms with Crippen molar-refractivity contribution in [3.05, 3.63) is 82.6 Å². The van der Waals surface area contributed by atoms with E-state index in [0.29, 0.717) is 28.7 Å². The number of carbonyl (C=O) groups excluding carboxylic acids is 2. The van der Waals surface area contributed by atoms with Crippen molar-refractivity contribution in [1.29, 1.82) is 0 Å². The van der Waals surface area contributed by atoms with E-state index < -0.39 is 11.7 Å². The maximum atomic E-state index is 13.6. The molecule has 0 aliphatic carbocycles. The van der Waals surface area contributed by atoms with Crippen molar-refractivity contribution in [2.24, 2.45) is 0 Å². The van der Waals surface area contributed by atoms with Crippen molar-refractivity contribution >= 4 is 45.6 Å². The Kier molecular flexibility index (Phi) is 7.60. The van der Waals surface area contributed by atoms with Crippen LogP contribution in [-0.4, -0.2) is 41.4 Å². The molecule has 1 amide bonds. The van der Waals surface area contributed by atoms with Crippen LogP contribution in [0.25, 0.3) is 10.9 Å². The second-order valence-corrected chi connectivity index (χ2v) is 8.85. The van der Waals surface area contributed by atoms with Crippen molar-refractivity contribution in [2.45, 2.75) is 27.3 Å². The smallest absolute Gasteiger partial charge is 0.296 e. The first kappa shape index (κ1) is 25.3. The molecule has 36 heavy (non-hydrogen) atoms. The summed E-state index contributed by atoms with van der Waals surface area (Å²) in [5, 5.41) is 4.10. The van der Waals surface area contributed by atoms with Crippen LogP contribution in [0.15, 0.2) is 60.8 Å². The van der Waals surface area contributed by atoms with Crippen molar-refractivity contribution < 1.29 is 14.3 Å². The average molecular weight is 505 g/mol. The van der Waals surface area contributed by atoms with Gasteiger partial charge in [-0.15, -0.1) is 0 Å². The van der Waals surface area contributed by atoms with Crippen LogP contribution in [0, 0.1) is 6.92 Å². The second-order valence-electron chi connectivity index (χ2n) is 8.42. The molecule has 2 aromatic carbocycles. The number of nitrogens with zero attached hydrogens (tertiary/aromatic N) is 3. The van der Waals surface area contributed by atoms with E-state index in [4.69, 9.17) is 16.3 Å². The number of ether oxygens (including phenoxy) is 1. The summed E-state index contributed by atoms with van der Waals surface area (Å²) >= 11 is 6.07. The minimum atomic E-state index is -0.717. The Hall–Kier alpha value is -3.84. The van der Waals surface area contributed by atoms with Gasteiger partial charge in [0.1, 0.15) is 0 Å². The Balaban J connectivity index is 1.79. The molecule has 4 aromatic rings. The number of aromatic nitrogens is 2. The van der Waals surface area contributed by atoms with Gasteiger partial charge in [0.25, 0.3) is 11.7 Å². The van der Waals surface area contributed by atoms with E-state index in [-0.39, 0.29) is 0 Å². The molecule has 0 unspecified atom stereocenters. The first-order valence-corrected chi connectivity index (χ1v) is 12.2. The van der Waals surface area contributed by atoms with Gasteiger partial charge >= 0.3 is 0 Å². The largest absolute Gasteiger partial charge is 0.481 e. The zero-order valence-corrected chi connectivity index (χ0v) is 21.6. The number of carbonyl (C=O) groups is 2. The Morgan fingerprint density at radius 1 is 1.06 bits per heavy atom. The van der Waals surface area contributed by atoms with Crippen LogP contribution in [0.1, 0.15) is 35.5 Å². The van der Waals surface area contributed by atoms with Gasteiger partial charge < -0.3 is 19.5 Å². The molecule has 0 aliphatic rings. The van der Waals surface area contributed by atoms with Gasteiger partial charge in [0.15, 0.2) is 0 Å². The minimum Gasteiger partial charge on any atom is -0.481 e. The maximum absolute atomic E-state index is 13.6. The molecule has 0 radical (unpaired) electrons. The van der Waals surface area contributed by atoms with Crippen LogP contribution in [0.3, 0.4) is 0 Å². The minimum absolute atomic E-state index is 0.347. The summed E-state index contributed by atoms with van der Waals surface area (Å²) in [5.74, 6) is -0.968. The van der Waals surface area contributed by atoms with Crippen LogP contribution in [0.2, 0.25) is 5.02 Å². The van der Waals surface area contributed by atoms with E-state index in [1.54, 1.807) is 12.1 Å². The Morgan fingerprint density at radius 3 is 2.44 bits per heavy atom. The molecule has 8 heteroatoms. The molecule has 0 saturated heterocycles. The van der Waals surface area contributed by atoms with Crippen LogP contribution in [-0.2, 0) is 11.3 Å². The zero-order chi connectivity index (χ0) is 25.8. The van der Waals surface area contributed by atoms with Gasteiger partial charge in [0, 0.05) is 64.9 Å². The number of pyridine rings is 1. The van der Waals surface area contributed by atoms with Gasteiger partial charge in [0.2, 0.25) is 5.88 Å². The molecule has 4 rings (SSSR count). The molecule has 1 N–H and O–H groups in total. The van der Waals surface area contributed by atoms with E-state index in [1.807, 2.05) is 43.3 Å². The van der Waals surface area contributed by atoms with Crippen molar-refractivity contribution in [3.8, 4) is 5.88 Å². The number of methoxy groups -OCH3 is 1. The van der Waals surface area contributed by atoms with E-state index in [9.17, 15) is 9.59 Å². The monoisotopic (exact) mass is 504 g/mol. The average Bonchev–Trinajstić information content (AvgIpc) is 3.16. The lowest BCUT2D eigenvalue weighted by Crippen LogP contribution is -2.24. The fourth-order valence-corrected chi connectivity index (χ4v) is 4.54. The summed E-state index contributed by atoms with van der Waals surface area (Å²) in [6.07, 6.45) is 1.51. The summed E-state index contributed by atoms with van der Waals surface area (Å²) in [4.78, 5) is 32.9. The van der Waals surface area contributed by atoms with E-state index in [1.165, 1.54) is 13.3 Å². The van der Waals surface area contributed by atoms with Gasteiger partial charge in [0.05, 0.1) is 12.7 Å². The number of halogens is 1. The topological polar surface area (TPSA) is 76.5 Å². The molecule has 0 atom stereocenters. The first-order valence-electron chi connectivity index (χ1n) is 11.8. The number of Topliss-reactive ketones (excluding diaryl/α,β-unsaturated/α-hetero) is 1. The third-order valence-corrected chi connectivity index (χ3v) is 6.58. The zero-order valence-electron chi connectivity index (χ0n) is 20.8. The molecular formula is C28H29ClN4O3. The summed E-state index contributed by atoms with van der Waals surface area (Å²) in [7, 11) is 1.49. The van der Waals surface area contributed by atoms with Gasteiger partial charge in [-0.05, 0) is 62.7 Å². The van der Waals surface area contributed by atoms with Crippen molar-refractivity contribution in [2.75, 3.05) is 30.4 Å². The van der Waals surface area contributed by atoms with E-state index in [0.717, 1.165) is 40.9 Å². The lowest BCUT2D eigenvalue weighted by Gasteiger charge is -2.21.